The molecule has 37 heavy (non-hydrogen) atoms. The second kappa shape index (κ2) is 8.10. The molecule has 0 unspecified atom stereocenters. The van der Waals surface area contributed by atoms with Gasteiger partial charge in [0.05, 0.1) is 28.6 Å². The molecule has 4 atom stereocenters. The molecular weight excluding hydrogens is 515 g/mol. The van der Waals surface area contributed by atoms with Crippen LogP contribution in [0.15, 0.2) is 66.9 Å². The van der Waals surface area contributed by atoms with Gasteiger partial charge in [0.1, 0.15) is 6.04 Å². The molecule has 2 saturated heterocycles. The summed E-state index contributed by atoms with van der Waals surface area (Å²) in [5.74, 6) is -1.78. The number of hydrogen-bond acceptors (Lipinski definition) is 6. The number of fused-ring (bicyclic) bond motifs is 6. The summed E-state index contributed by atoms with van der Waals surface area (Å²) in [4.78, 5) is 45.1. The van der Waals surface area contributed by atoms with E-state index in [9.17, 15) is 14.4 Å². The number of Topliss-reactive ketones (excluding diaryl/α,β-unsaturated/α-hetero) is 1. The lowest BCUT2D eigenvalue weighted by Gasteiger charge is -2.35. The molecule has 7 rings (SSSR count). The van der Waals surface area contributed by atoms with Crippen molar-refractivity contribution in [3.63, 3.8) is 0 Å². The number of amides is 2. The fourth-order valence-electron chi connectivity index (χ4n) is 5.98. The molecule has 0 aliphatic carbocycles. The van der Waals surface area contributed by atoms with Gasteiger partial charge in [-0.2, -0.15) is 0 Å². The summed E-state index contributed by atoms with van der Waals surface area (Å²) in [6.45, 7) is 0.0739. The number of carbonyl (C=O) groups is 3. The van der Waals surface area contributed by atoms with Crippen LogP contribution < -0.4 is 14.4 Å². The highest BCUT2D eigenvalue weighted by molar-refractivity contribution is 6.37. The number of imide groups is 1. The van der Waals surface area contributed by atoms with Gasteiger partial charge in [-0.05, 0) is 47.5 Å². The van der Waals surface area contributed by atoms with Crippen molar-refractivity contribution in [2.45, 2.75) is 12.1 Å². The van der Waals surface area contributed by atoms with Gasteiger partial charge in [0.15, 0.2) is 17.3 Å². The Morgan fingerprint density at radius 3 is 2.51 bits per heavy atom. The van der Waals surface area contributed by atoms with Crippen molar-refractivity contribution in [3.8, 4) is 11.5 Å². The lowest BCUT2D eigenvalue weighted by atomic mass is 9.83. The number of carbonyl (C=O) groups excluding carboxylic acids is 3. The third-order valence-electron chi connectivity index (χ3n) is 7.54. The number of nitrogens with zero attached hydrogens (tertiary/aromatic N) is 2. The number of hydrogen-bond donors (Lipinski definition) is 0. The van der Waals surface area contributed by atoms with Gasteiger partial charge >= 0.3 is 0 Å². The lowest BCUT2D eigenvalue weighted by Crippen LogP contribution is -2.44. The Labute approximate surface area is 221 Å². The number of ether oxygens (including phenoxy) is 2. The predicted molar refractivity (Wildman–Crippen MR) is 137 cm³/mol. The van der Waals surface area contributed by atoms with Crippen LogP contribution in [0.1, 0.15) is 27.5 Å². The van der Waals surface area contributed by atoms with E-state index in [4.69, 9.17) is 32.7 Å². The van der Waals surface area contributed by atoms with Crippen molar-refractivity contribution in [2.75, 3.05) is 11.7 Å². The third kappa shape index (κ3) is 3.17. The summed E-state index contributed by atoms with van der Waals surface area (Å²) < 4.78 is 10.8. The Bertz CT molecular complexity index is 1550. The number of halogens is 2. The monoisotopic (exact) mass is 532 g/mol. The highest BCUT2D eigenvalue weighted by Gasteiger charge is 2.64. The molecule has 0 bridgehead atoms. The van der Waals surface area contributed by atoms with Crippen LogP contribution >= 0.6 is 23.2 Å². The van der Waals surface area contributed by atoms with Crippen molar-refractivity contribution in [1.29, 1.82) is 0 Å². The zero-order valence-electron chi connectivity index (χ0n) is 19.1. The smallest absolute Gasteiger partial charge is 0.240 e. The van der Waals surface area contributed by atoms with E-state index in [0.29, 0.717) is 22.2 Å². The highest BCUT2D eigenvalue weighted by Crippen LogP contribution is 2.54. The van der Waals surface area contributed by atoms with Crippen LogP contribution in [0.25, 0.3) is 6.08 Å². The molecule has 3 aromatic rings. The molecule has 3 aromatic carbocycles. The minimum absolute atomic E-state index is 0.0739. The van der Waals surface area contributed by atoms with Crippen LogP contribution in [-0.4, -0.2) is 35.3 Å². The normalized spacial score (nSPS) is 24.8. The molecule has 2 fully saturated rings. The molecule has 0 spiro atoms. The van der Waals surface area contributed by atoms with Crippen molar-refractivity contribution in [3.05, 3.63) is 93.6 Å². The van der Waals surface area contributed by atoms with Crippen molar-refractivity contribution in [2.24, 2.45) is 11.8 Å². The summed E-state index contributed by atoms with van der Waals surface area (Å²) in [5, 5.41) is 0.597. The quantitative estimate of drug-likeness (QED) is 0.344. The summed E-state index contributed by atoms with van der Waals surface area (Å²) >= 11 is 12.5. The highest BCUT2D eigenvalue weighted by atomic mass is 35.5. The van der Waals surface area contributed by atoms with Crippen LogP contribution in [-0.2, 0) is 9.59 Å². The molecule has 0 aromatic heterocycles. The van der Waals surface area contributed by atoms with Gasteiger partial charge in [0.2, 0.25) is 18.6 Å². The summed E-state index contributed by atoms with van der Waals surface area (Å²) in [6.07, 6.45) is 3.71. The van der Waals surface area contributed by atoms with Crippen LogP contribution in [0, 0.1) is 11.8 Å². The van der Waals surface area contributed by atoms with Crippen LogP contribution in [0.4, 0.5) is 5.69 Å². The fourth-order valence-corrected chi connectivity index (χ4v) is 6.49. The van der Waals surface area contributed by atoms with Crippen LogP contribution in [0.3, 0.4) is 0 Å². The van der Waals surface area contributed by atoms with E-state index in [0.717, 1.165) is 11.1 Å². The van der Waals surface area contributed by atoms with Gasteiger partial charge in [0, 0.05) is 22.9 Å². The topological polar surface area (TPSA) is 76.1 Å². The molecule has 2 amide bonds. The van der Waals surface area contributed by atoms with E-state index in [2.05, 4.69) is 0 Å². The van der Waals surface area contributed by atoms with Gasteiger partial charge in [-0.1, -0.05) is 47.5 Å². The Hall–Kier alpha value is -3.81. The van der Waals surface area contributed by atoms with Crippen LogP contribution in [0.2, 0.25) is 10.0 Å². The molecule has 0 radical (unpaired) electrons. The second-order valence-corrected chi connectivity index (χ2v) is 10.2. The number of rotatable bonds is 3. The van der Waals surface area contributed by atoms with Gasteiger partial charge < -0.3 is 14.4 Å². The summed E-state index contributed by atoms with van der Waals surface area (Å²) in [6, 6.07) is 15.9. The van der Waals surface area contributed by atoms with E-state index in [1.54, 1.807) is 30.3 Å². The first kappa shape index (κ1) is 22.4. The maximum absolute atomic E-state index is 14.0. The number of ketones is 1. The Balaban J connectivity index is 1.37. The van der Waals surface area contributed by atoms with Gasteiger partial charge in [-0.25, -0.2) is 4.90 Å². The Kier molecular flexibility index (Phi) is 4.90. The molecule has 0 saturated carbocycles. The number of anilines is 1. The molecular formula is C28H18Cl2N2O5. The van der Waals surface area contributed by atoms with E-state index in [1.165, 1.54) is 11.0 Å². The third-order valence-corrected chi connectivity index (χ3v) is 8.09. The van der Waals surface area contributed by atoms with Gasteiger partial charge in [0.25, 0.3) is 0 Å². The van der Waals surface area contributed by atoms with E-state index in [-0.39, 0.29) is 29.1 Å². The predicted octanol–water partition coefficient (Wildman–Crippen LogP) is 5.12. The molecule has 0 N–H and O–H groups in total. The molecule has 9 heteroatoms. The second-order valence-electron chi connectivity index (χ2n) is 9.37. The lowest BCUT2D eigenvalue weighted by molar-refractivity contribution is -0.123. The molecule has 4 aliphatic heterocycles. The first-order chi connectivity index (χ1) is 17.9. The van der Waals surface area contributed by atoms with Gasteiger partial charge in [-0.15, -0.1) is 0 Å². The van der Waals surface area contributed by atoms with Crippen molar-refractivity contribution >= 4 is 52.6 Å². The first-order valence-electron chi connectivity index (χ1n) is 11.8. The standard InChI is InChI=1S/C28H18Cl2N2O5/c29-15-5-7-18(19(30)11-15)26(33)25-23-22(24-17-4-2-1-3-14(17)9-10-31(24)25)27(34)32(28(23)35)16-6-8-20-21(12-16)37-13-36-20/h1-12,22-25H,13H2/t22-,23+,24-,25-/m0/s1. The Morgan fingerprint density at radius 1 is 0.892 bits per heavy atom. The van der Waals surface area contributed by atoms with E-state index in [1.807, 2.05) is 41.4 Å². The summed E-state index contributed by atoms with van der Waals surface area (Å²) in [7, 11) is 0. The van der Waals surface area contributed by atoms with Crippen LogP contribution in [0.5, 0.6) is 11.5 Å². The van der Waals surface area contributed by atoms with Crippen molar-refractivity contribution in [1.82, 2.24) is 4.90 Å². The Morgan fingerprint density at radius 2 is 1.68 bits per heavy atom. The maximum Gasteiger partial charge on any atom is 0.240 e. The zero-order valence-corrected chi connectivity index (χ0v) is 20.6. The first-order valence-corrected chi connectivity index (χ1v) is 12.5. The summed E-state index contributed by atoms with van der Waals surface area (Å²) in [5.41, 5.74) is 2.48. The largest absolute Gasteiger partial charge is 0.454 e. The average Bonchev–Trinajstić information content (AvgIpc) is 3.56. The van der Waals surface area contributed by atoms with Crippen molar-refractivity contribution < 1.29 is 23.9 Å². The number of benzene rings is 3. The minimum Gasteiger partial charge on any atom is -0.454 e. The molecule has 7 nitrogen and oxygen atoms in total. The SMILES string of the molecule is O=C(c1ccc(Cl)cc1Cl)[C@@H]1[C@@H]2C(=O)N(c3ccc4c(c3)OCO4)C(=O)[C@@H]2[C@@H]2c3ccccc3C=CN12. The molecule has 4 heterocycles. The van der Waals surface area contributed by atoms with E-state index < -0.39 is 29.8 Å². The maximum atomic E-state index is 14.0. The fraction of sp³-hybridized carbons (Fsp3) is 0.179. The molecule has 4 aliphatic rings. The average molecular weight is 533 g/mol. The zero-order chi connectivity index (χ0) is 25.4. The van der Waals surface area contributed by atoms with E-state index >= 15 is 0 Å². The molecule has 184 valence electrons. The minimum atomic E-state index is -0.922. The van der Waals surface area contributed by atoms with Gasteiger partial charge in [-0.3, -0.25) is 14.4 Å².